The molecule has 10 heteroatoms. The fraction of sp³-hybridized carbons (Fsp3) is 0.647. The van der Waals surface area contributed by atoms with Gasteiger partial charge in [-0.05, 0) is 38.8 Å². The minimum atomic E-state index is -3.48. The Hall–Kier alpha value is -1.65. The molecule has 0 amide bonds. The van der Waals surface area contributed by atoms with Gasteiger partial charge in [-0.25, -0.2) is 13.1 Å². The minimum absolute atomic E-state index is 0.155. The van der Waals surface area contributed by atoms with E-state index in [1.165, 1.54) is 11.3 Å². The minimum Gasteiger partial charge on any atom is -0.466 e. The summed E-state index contributed by atoms with van der Waals surface area (Å²) < 4.78 is 32.5. The number of carbonyl (C=O) groups is 1. The number of nitrogens with zero attached hydrogens (tertiary/aromatic N) is 2. The number of guanidine groups is 1. The Morgan fingerprint density at radius 3 is 2.81 bits per heavy atom. The molecule has 2 heterocycles. The van der Waals surface area contributed by atoms with Crippen LogP contribution < -0.4 is 10.0 Å². The lowest BCUT2D eigenvalue weighted by molar-refractivity contribution is -0.149. The summed E-state index contributed by atoms with van der Waals surface area (Å²) in [7, 11) is -1.81. The molecule has 0 radical (unpaired) electrons. The van der Waals surface area contributed by atoms with E-state index in [0.29, 0.717) is 29.9 Å². The van der Waals surface area contributed by atoms with Crippen LogP contribution in [0.25, 0.3) is 0 Å². The van der Waals surface area contributed by atoms with Crippen molar-refractivity contribution in [3.63, 3.8) is 0 Å². The van der Waals surface area contributed by atoms with Crippen LogP contribution in [0.15, 0.2) is 21.3 Å². The molecule has 0 unspecified atom stereocenters. The molecule has 0 spiro atoms. The lowest BCUT2D eigenvalue weighted by atomic mass is 9.98. The summed E-state index contributed by atoms with van der Waals surface area (Å²) in [4.78, 5) is 19.2. The van der Waals surface area contributed by atoms with Crippen molar-refractivity contribution < 1.29 is 17.9 Å². The topological polar surface area (TPSA) is 100 Å². The van der Waals surface area contributed by atoms with E-state index in [-0.39, 0.29) is 18.4 Å². The Bertz CT molecular complexity index is 761. The van der Waals surface area contributed by atoms with E-state index in [4.69, 9.17) is 4.74 Å². The predicted octanol–water partition coefficient (Wildman–Crippen LogP) is 1.19. The predicted molar refractivity (Wildman–Crippen MR) is 107 cm³/mol. The van der Waals surface area contributed by atoms with Gasteiger partial charge in [-0.15, -0.1) is 11.3 Å². The SMILES string of the molecule is CCOC(=O)[C@@H]1CCCN(C(=NC)NCCNS(=O)(=O)c2ccc(C)s2)C1. The molecule has 8 nitrogen and oxygen atoms in total. The number of aryl methyl sites for hydroxylation is 1. The molecule has 27 heavy (non-hydrogen) atoms. The molecule has 1 fully saturated rings. The van der Waals surface area contributed by atoms with Crippen LogP contribution in [-0.2, 0) is 19.6 Å². The van der Waals surface area contributed by atoms with Crippen molar-refractivity contribution in [3.05, 3.63) is 17.0 Å². The fourth-order valence-corrected chi connectivity index (χ4v) is 5.30. The second-order valence-electron chi connectivity index (χ2n) is 6.27. The van der Waals surface area contributed by atoms with Gasteiger partial charge in [0.1, 0.15) is 4.21 Å². The first-order valence-electron chi connectivity index (χ1n) is 9.05. The third kappa shape index (κ3) is 6.18. The normalized spacial score (nSPS) is 18.4. The highest BCUT2D eigenvalue weighted by atomic mass is 32.2. The van der Waals surface area contributed by atoms with Crippen LogP contribution in [0.1, 0.15) is 24.6 Å². The molecule has 1 aliphatic heterocycles. The summed E-state index contributed by atoms with van der Waals surface area (Å²) in [5, 5.41) is 3.16. The smallest absolute Gasteiger partial charge is 0.310 e. The molecule has 0 aromatic carbocycles. The van der Waals surface area contributed by atoms with E-state index in [1.54, 1.807) is 26.1 Å². The number of hydrogen-bond acceptors (Lipinski definition) is 6. The van der Waals surface area contributed by atoms with Crippen LogP contribution in [0, 0.1) is 12.8 Å². The second-order valence-corrected chi connectivity index (χ2v) is 9.56. The Morgan fingerprint density at radius 1 is 1.41 bits per heavy atom. The first-order chi connectivity index (χ1) is 12.9. The molecule has 2 rings (SSSR count). The van der Waals surface area contributed by atoms with Gasteiger partial charge in [0, 0.05) is 38.1 Å². The van der Waals surface area contributed by atoms with Gasteiger partial charge in [0.15, 0.2) is 5.96 Å². The van der Waals surface area contributed by atoms with E-state index in [1.807, 2.05) is 11.8 Å². The van der Waals surface area contributed by atoms with Crippen molar-refractivity contribution in [1.29, 1.82) is 0 Å². The number of nitrogens with one attached hydrogen (secondary N) is 2. The second kappa shape index (κ2) is 10.0. The van der Waals surface area contributed by atoms with E-state index >= 15 is 0 Å². The number of thiophene rings is 1. The summed E-state index contributed by atoms with van der Waals surface area (Å²) in [6.07, 6.45) is 1.70. The maximum atomic E-state index is 12.2. The fourth-order valence-electron chi connectivity index (χ4n) is 2.94. The van der Waals surface area contributed by atoms with Crippen LogP contribution in [0.5, 0.6) is 0 Å². The van der Waals surface area contributed by atoms with E-state index in [0.717, 1.165) is 24.3 Å². The molecule has 152 valence electrons. The number of sulfonamides is 1. The summed E-state index contributed by atoms with van der Waals surface area (Å²) in [5.74, 6) is 0.338. The molecule has 0 bridgehead atoms. The maximum Gasteiger partial charge on any atom is 0.310 e. The van der Waals surface area contributed by atoms with E-state index in [2.05, 4.69) is 15.0 Å². The number of piperidine rings is 1. The van der Waals surface area contributed by atoms with Crippen LogP contribution >= 0.6 is 11.3 Å². The number of ether oxygens (including phenoxy) is 1. The Balaban J connectivity index is 1.82. The van der Waals surface area contributed by atoms with E-state index in [9.17, 15) is 13.2 Å². The van der Waals surface area contributed by atoms with Crippen molar-refractivity contribution in [3.8, 4) is 0 Å². The third-order valence-electron chi connectivity index (χ3n) is 4.23. The highest BCUT2D eigenvalue weighted by molar-refractivity contribution is 7.91. The lowest BCUT2D eigenvalue weighted by Crippen LogP contribution is -2.49. The molecule has 2 N–H and O–H groups in total. The van der Waals surface area contributed by atoms with E-state index < -0.39 is 10.0 Å². The molecule has 1 atom stereocenters. The quantitative estimate of drug-likeness (QED) is 0.300. The van der Waals surface area contributed by atoms with Crippen LogP contribution in [0.2, 0.25) is 0 Å². The monoisotopic (exact) mass is 416 g/mol. The highest BCUT2D eigenvalue weighted by Gasteiger charge is 2.28. The zero-order valence-electron chi connectivity index (χ0n) is 16.0. The van der Waals surface area contributed by atoms with Crippen molar-refractivity contribution in [1.82, 2.24) is 14.9 Å². The zero-order chi connectivity index (χ0) is 19.9. The first kappa shape index (κ1) is 21.6. The number of carbonyl (C=O) groups excluding carboxylic acids is 1. The zero-order valence-corrected chi connectivity index (χ0v) is 17.7. The van der Waals surface area contributed by atoms with Crippen LogP contribution in [0.3, 0.4) is 0 Å². The molecule has 1 aliphatic rings. The maximum absolute atomic E-state index is 12.2. The number of esters is 1. The Labute approximate surface area is 165 Å². The van der Waals surface area contributed by atoms with Gasteiger partial charge in [0.05, 0.1) is 12.5 Å². The lowest BCUT2D eigenvalue weighted by Gasteiger charge is -2.33. The molecule has 1 aromatic heterocycles. The van der Waals surface area contributed by atoms with Gasteiger partial charge in [-0.3, -0.25) is 9.79 Å². The summed E-state index contributed by atoms with van der Waals surface area (Å²) >= 11 is 1.25. The van der Waals surface area contributed by atoms with Crippen molar-refractivity contribution in [2.45, 2.75) is 30.9 Å². The highest BCUT2D eigenvalue weighted by Crippen LogP contribution is 2.20. The number of hydrogen-bond donors (Lipinski definition) is 2. The van der Waals surface area contributed by atoms with Crippen LogP contribution in [0.4, 0.5) is 0 Å². The molecule has 1 aromatic rings. The van der Waals surface area contributed by atoms with Crippen molar-refractivity contribution >= 4 is 33.3 Å². The number of aliphatic imine (C=N–C) groups is 1. The summed E-state index contributed by atoms with van der Waals surface area (Å²) in [6, 6.07) is 3.40. The van der Waals surface area contributed by atoms with Gasteiger partial charge in [-0.2, -0.15) is 0 Å². The average molecular weight is 417 g/mol. The molecular formula is C17H28N4O4S2. The van der Waals surface area contributed by atoms with Gasteiger partial charge in [0.25, 0.3) is 0 Å². The summed E-state index contributed by atoms with van der Waals surface area (Å²) in [6.45, 7) is 6.06. The summed E-state index contributed by atoms with van der Waals surface area (Å²) in [5.41, 5.74) is 0. The number of rotatable bonds is 7. The Morgan fingerprint density at radius 2 is 2.19 bits per heavy atom. The Kier molecular flexibility index (Phi) is 8.06. The number of likely N-dealkylation sites (tertiary alicyclic amines) is 1. The third-order valence-corrected chi connectivity index (χ3v) is 7.19. The van der Waals surface area contributed by atoms with Crippen molar-refractivity contribution in [2.24, 2.45) is 10.9 Å². The molecule has 0 saturated carbocycles. The molecule has 1 saturated heterocycles. The molecular weight excluding hydrogens is 388 g/mol. The average Bonchev–Trinajstić information content (AvgIpc) is 3.09. The standard InChI is InChI=1S/C17H28N4O4S2/c1-4-25-16(22)14-6-5-11-21(12-14)17(18-3)19-9-10-20-27(23,24)15-8-7-13(2)26-15/h7-8,14,20H,4-6,9-12H2,1-3H3,(H,18,19)/t14-/m1/s1. The molecule has 0 aliphatic carbocycles. The van der Waals surface area contributed by atoms with Gasteiger partial charge >= 0.3 is 5.97 Å². The largest absolute Gasteiger partial charge is 0.466 e. The van der Waals surface area contributed by atoms with Crippen molar-refractivity contribution in [2.75, 3.05) is 39.8 Å². The first-order valence-corrected chi connectivity index (χ1v) is 11.4. The van der Waals surface area contributed by atoms with Gasteiger partial charge in [0.2, 0.25) is 10.0 Å². The van der Waals surface area contributed by atoms with Gasteiger partial charge in [-0.1, -0.05) is 0 Å². The van der Waals surface area contributed by atoms with Crippen LogP contribution in [-0.4, -0.2) is 65.1 Å². The van der Waals surface area contributed by atoms with Gasteiger partial charge < -0.3 is 15.0 Å².